The first-order chi connectivity index (χ1) is 7.69. The van der Waals surface area contributed by atoms with E-state index in [0.717, 1.165) is 24.0 Å². The lowest BCUT2D eigenvalue weighted by atomic mass is 9.85. The van der Waals surface area contributed by atoms with E-state index in [1.54, 1.807) is 0 Å². The minimum Gasteiger partial charge on any atom is -0.359 e. The molecule has 1 aliphatic rings. The Balaban J connectivity index is 2.08. The molecule has 88 valence electrons. The normalized spacial score (nSPS) is 15.7. The van der Waals surface area contributed by atoms with Gasteiger partial charge in [0.1, 0.15) is 5.82 Å². The Morgan fingerprint density at radius 2 is 2.25 bits per heavy atom. The van der Waals surface area contributed by atoms with Crippen LogP contribution < -0.4 is 16.2 Å². The highest BCUT2D eigenvalue weighted by molar-refractivity contribution is 5.43. The van der Waals surface area contributed by atoms with E-state index in [4.69, 9.17) is 5.84 Å². The lowest BCUT2D eigenvalue weighted by molar-refractivity contribution is 0.321. The molecule has 5 nitrogen and oxygen atoms in total. The maximum atomic E-state index is 5.33. The van der Waals surface area contributed by atoms with Crippen molar-refractivity contribution < 1.29 is 0 Å². The summed E-state index contributed by atoms with van der Waals surface area (Å²) in [7, 11) is 2.07. The molecule has 1 heterocycles. The molecule has 3 N–H and O–H groups in total. The van der Waals surface area contributed by atoms with E-state index in [1.807, 2.05) is 13.0 Å². The van der Waals surface area contributed by atoms with E-state index in [1.165, 1.54) is 19.3 Å². The lowest BCUT2D eigenvalue weighted by Crippen LogP contribution is -2.30. The van der Waals surface area contributed by atoms with Crippen LogP contribution in [-0.2, 0) is 0 Å². The second-order valence-corrected chi connectivity index (χ2v) is 4.51. The largest absolute Gasteiger partial charge is 0.359 e. The third-order valence-corrected chi connectivity index (χ3v) is 3.12. The number of aromatic nitrogens is 2. The Morgan fingerprint density at radius 3 is 2.81 bits per heavy atom. The molecule has 5 heteroatoms. The predicted molar refractivity (Wildman–Crippen MR) is 65.2 cm³/mol. The minimum atomic E-state index is 0.482. The van der Waals surface area contributed by atoms with Gasteiger partial charge in [0, 0.05) is 25.4 Å². The van der Waals surface area contributed by atoms with Crippen molar-refractivity contribution >= 4 is 11.8 Å². The Labute approximate surface area is 96.0 Å². The number of aryl methyl sites for hydroxylation is 1. The second-order valence-electron chi connectivity index (χ2n) is 4.51. The predicted octanol–water partition coefficient (Wildman–Crippen LogP) is 1.31. The summed E-state index contributed by atoms with van der Waals surface area (Å²) in [5, 5.41) is 0. The van der Waals surface area contributed by atoms with Crippen LogP contribution in [0.3, 0.4) is 0 Å². The third-order valence-electron chi connectivity index (χ3n) is 3.12. The lowest BCUT2D eigenvalue weighted by Gasteiger charge is -2.30. The van der Waals surface area contributed by atoms with E-state index in [0.29, 0.717) is 5.95 Å². The summed E-state index contributed by atoms with van der Waals surface area (Å²) in [5.74, 6) is 7.58. The molecule has 16 heavy (non-hydrogen) atoms. The molecule has 0 unspecified atom stereocenters. The summed E-state index contributed by atoms with van der Waals surface area (Å²) >= 11 is 0. The van der Waals surface area contributed by atoms with Crippen LogP contribution in [0.4, 0.5) is 11.8 Å². The molecule has 2 rings (SSSR count). The molecule has 0 atom stereocenters. The van der Waals surface area contributed by atoms with Gasteiger partial charge in [0.25, 0.3) is 0 Å². The molecule has 0 spiro atoms. The molecule has 1 aromatic heterocycles. The maximum Gasteiger partial charge on any atom is 0.239 e. The monoisotopic (exact) mass is 221 g/mol. The molecule has 0 aromatic carbocycles. The Hall–Kier alpha value is -1.36. The summed E-state index contributed by atoms with van der Waals surface area (Å²) in [5.41, 5.74) is 3.42. The summed E-state index contributed by atoms with van der Waals surface area (Å²) in [6, 6.07) is 1.99. The van der Waals surface area contributed by atoms with Crippen molar-refractivity contribution in [1.82, 2.24) is 9.97 Å². The summed E-state index contributed by atoms with van der Waals surface area (Å²) in [6.07, 6.45) is 4.06. The molecular formula is C11H19N5. The van der Waals surface area contributed by atoms with E-state index in [9.17, 15) is 0 Å². The number of nitrogens with one attached hydrogen (secondary N) is 1. The molecule has 1 aromatic rings. The van der Waals surface area contributed by atoms with E-state index < -0.39 is 0 Å². The van der Waals surface area contributed by atoms with Crippen LogP contribution >= 0.6 is 0 Å². The SMILES string of the molecule is Cc1cc(N(C)CC2CCC2)nc(NN)n1. The summed E-state index contributed by atoms with van der Waals surface area (Å²) in [4.78, 5) is 10.7. The molecular weight excluding hydrogens is 202 g/mol. The molecule has 0 amide bonds. The minimum absolute atomic E-state index is 0.482. The number of nitrogen functional groups attached to an aromatic ring is 1. The molecule has 0 aliphatic heterocycles. The zero-order valence-corrected chi connectivity index (χ0v) is 9.90. The van der Waals surface area contributed by atoms with Crippen LogP contribution in [-0.4, -0.2) is 23.6 Å². The molecule has 0 bridgehead atoms. The van der Waals surface area contributed by atoms with Gasteiger partial charge in [-0.15, -0.1) is 0 Å². The fourth-order valence-corrected chi connectivity index (χ4v) is 1.97. The maximum absolute atomic E-state index is 5.33. The molecule has 1 aliphatic carbocycles. The highest BCUT2D eigenvalue weighted by Gasteiger charge is 2.19. The van der Waals surface area contributed by atoms with Crippen LogP contribution in [0.15, 0.2) is 6.07 Å². The van der Waals surface area contributed by atoms with E-state index in [2.05, 4.69) is 27.3 Å². The van der Waals surface area contributed by atoms with Crippen LogP contribution in [0.1, 0.15) is 25.0 Å². The van der Waals surface area contributed by atoms with Gasteiger partial charge in [-0.05, 0) is 25.7 Å². The third kappa shape index (κ3) is 2.41. The molecule has 1 fully saturated rings. The van der Waals surface area contributed by atoms with Crippen LogP contribution in [0.2, 0.25) is 0 Å². The smallest absolute Gasteiger partial charge is 0.239 e. The number of hydrazine groups is 1. The van der Waals surface area contributed by atoms with Crippen molar-refractivity contribution in [3.05, 3.63) is 11.8 Å². The number of rotatable bonds is 4. The van der Waals surface area contributed by atoms with Crippen molar-refractivity contribution in [3.63, 3.8) is 0 Å². The van der Waals surface area contributed by atoms with Crippen molar-refractivity contribution in [2.75, 3.05) is 23.9 Å². The van der Waals surface area contributed by atoms with Crippen LogP contribution in [0.5, 0.6) is 0 Å². The number of nitrogens with two attached hydrogens (primary N) is 1. The van der Waals surface area contributed by atoms with Gasteiger partial charge in [0.2, 0.25) is 5.95 Å². The molecule has 1 saturated carbocycles. The van der Waals surface area contributed by atoms with Crippen molar-refractivity contribution in [3.8, 4) is 0 Å². The van der Waals surface area contributed by atoms with Gasteiger partial charge >= 0.3 is 0 Å². The van der Waals surface area contributed by atoms with Crippen molar-refractivity contribution in [2.45, 2.75) is 26.2 Å². The van der Waals surface area contributed by atoms with Gasteiger partial charge in [-0.25, -0.2) is 10.8 Å². The summed E-state index contributed by atoms with van der Waals surface area (Å²) < 4.78 is 0. The molecule has 0 radical (unpaired) electrons. The number of anilines is 2. The van der Waals surface area contributed by atoms with Gasteiger partial charge in [0.15, 0.2) is 0 Å². The van der Waals surface area contributed by atoms with Crippen molar-refractivity contribution in [2.24, 2.45) is 11.8 Å². The Kier molecular flexibility index (Phi) is 3.24. The standard InChI is InChI=1S/C11H19N5/c1-8-6-10(14-11(13-8)15-12)16(2)7-9-4-3-5-9/h6,9H,3-5,7,12H2,1-2H3,(H,13,14,15). The Morgan fingerprint density at radius 1 is 1.50 bits per heavy atom. The number of hydrogen-bond acceptors (Lipinski definition) is 5. The van der Waals surface area contributed by atoms with Crippen LogP contribution in [0, 0.1) is 12.8 Å². The second kappa shape index (κ2) is 4.65. The fraction of sp³-hybridized carbons (Fsp3) is 0.636. The van der Waals surface area contributed by atoms with Crippen molar-refractivity contribution in [1.29, 1.82) is 0 Å². The average molecular weight is 221 g/mol. The zero-order chi connectivity index (χ0) is 11.5. The first-order valence-electron chi connectivity index (χ1n) is 5.72. The van der Waals surface area contributed by atoms with E-state index in [-0.39, 0.29) is 0 Å². The van der Waals surface area contributed by atoms with Gasteiger partial charge in [-0.1, -0.05) is 6.42 Å². The number of hydrogen-bond donors (Lipinski definition) is 2. The van der Waals surface area contributed by atoms with Crippen LogP contribution in [0.25, 0.3) is 0 Å². The first kappa shape index (κ1) is 11.1. The van der Waals surface area contributed by atoms with Gasteiger partial charge in [0.05, 0.1) is 0 Å². The Bertz CT molecular complexity index is 361. The first-order valence-corrected chi connectivity index (χ1v) is 5.72. The van der Waals surface area contributed by atoms with Gasteiger partial charge in [-0.2, -0.15) is 4.98 Å². The van der Waals surface area contributed by atoms with Gasteiger partial charge in [-0.3, -0.25) is 5.43 Å². The highest BCUT2D eigenvalue weighted by atomic mass is 15.3. The topological polar surface area (TPSA) is 67.1 Å². The quantitative estimate of drug-likeness (QED) is 0.592. The summed E-state index contributed by atoms with van der Waals surface area (Å²) in [6.45, 7) is 3.02. The van der Waals surface area contributed by atoms with E-state index >= 15 is 0 Å². The highest BCUT2D eigenvalue weighted by Crippen LogP contribution is 2.28. The average Bonchev–Trinajstić information content (AvgIpc) is 2.22. The fourth-order valence-electron chi connectivity index (χ4n) is 1.97. The number of nitrogens with zero attached hydrogens (tertiary/aromatic N) is 3. The zero-order valence-electron chi connectivity index (χ0n) is 9.90. The molecule has 0 saturated heterocycles. The van der Waals surface area contributed by atoms with Gasteiger partial charge < -0.3 is 4.90 Å².